The highest BCUT2D eigenvalue weighted by molar-refractivity contribution is 7.47. The maximum absolute atomic E-state index is 12.6. The summed E-state index contributed by atoms with van der Waals surface area (Å²) in [7, 11) is 1.47. The van der Waals surface area contributed by atoms with Gasteiger partial charge in [-0.2, -0.15) is 0 Å². The van der Waals surface area contributed by atoms with Crippen LogP contribution in [0.4, 0.5) is 0 Å². The summed E-state index contributed by atoms with van der Waals surface area (Å²) < 4.78 is 34.2. The van der Waals surface area contributed by atoms with Crippen LogP contribution in [0.2, 0.25) is 0 Å². The maximum Gasteiger partial charge on any atom is 0.472 e. The van der Waals surface area contributed by atoms with E-state index in [0.717, 1.165) is 57.8 Å². The normalized spacial score (nSPS) is 13.8. The Morgan fingerprint density at radius 1 is 0.556 bits per heavy atom. The van der Waals surface area contributed by atoms with Crippen LogP contribution in [0.3, 0.4) is 0 Å². The average molecular weight is 787 g/mol. The summed E-state index contributed by atoms with van der Waals surface area (Å²) in [5, 5.41) is 0. The molecule has 1 N–H and O–H groups in total. The molecule has 318 valence electrons. The second-order valence-corrected chi connectivity index (χ2v) is 17.5. The van der Waals surface area contributed by atoms with Crippen LogP contribution in [0.1, 0.15) is 194 Å². The van der Waals surface area contributed by atoms with E-state index in [-0.39, 0.29) is 32.0 Å². The zero-order chi connectivity index (χ0) is 40.0. The molecule has 0 saturated heterocycles. The molecule has 0 amide bonds. The van der Waals surface area contributed by atoms with E-state index in [1.807, 2.05) is 21.1 Å². The minimum Gasteiger partial charge on any atom is -0.462 e. The number of allylic oxidation sites excluding steroid dienone is 4. The molecule has 0 spiro atoms. The topological polar surface area (TPSA) is 108 Å². The molecule has 0 aromatic carbocycles. The van der Waals surface area contributed by atoms with E-state index in [2.05, 4.69) is 38.2 Å². The Morgan fingerprint density at radius 2 is 0.963 bits per heavy atom. The summed E-state index contributed by atoms with van der Waals surface area (Å²) in [5.74, 6) is -0.812. The lowest BCUT2D eigenvalue weighted by atomic mass is 10.1. The third-order valence-electron chi connectivity index (χ3n) is 9.45. The quantitative estimate of drug-likeness (QED) is 0.0215. The number of rotatable bonds is 40. The number of likely N-dealkylation sites (N-methyl/N-ethyl adjacent to an activating group) is 1. The summed E-state index contributed by atoms with van der Waals surface area (Å²) in [6.45, 7) is 4.37. The molecule has 9 nitrogen and oxygen atoms in total. The van der Waals surface area contributed by atoms with Crippen LogP contribution >= 0.6 is 7.82 Å². The summed E-state index contributed by atoms with van der Waals surface area (Å²) >= 11 is 0. The predicted octanol–water partition coefficient (Wildman–Crippen LogP) is 12.4. The zero-order valence-corrected chi connectivity index (χ0v) is 36.6. The van der Waals surface area contributed by atoms with Crippen LogP contribution in [-0.4, -0.2) is 74.9 Å². The Balaban J connectivity index is 4.29. The SMILES string of the molecule is CCCC/C=C\CCCCCCCC(=O)O[C@H](COC(=O)CCCCCCCCC/C=C\CCCCCCCCCC)COP(=O)(O)OCC[N+](C)(C)C. The van der Waals surface area contributed by atoms with Gasteiger partial charge in [0.2, 0.25) is 0 Å². The molecule has 0 aromatic heterocycles. The van der Waals surface area contributed by atoms with Crippen LogP contribution in [0, 0.1) is 0 Å². The number of ether oxygens (including phenoxy) is 2. The fourth-order valence-electron chi connectivity index (χ4n) is 5.93. The van der Waals surface area contributed by atoms with Gasteiger partial charge >= 0.3 is 19.8 Å². The molecule has 10 heteroatoms. The second kappa shape index (κ2) is 37.1. The first-order valence-electron chi connectivity index (χ1n) is 22.1. The van der Waals surface area contributed by atoms with Crippen molar-refractivity contribution < 1.29 is 42.1 Å². The molecule has 0 aliphatic carbocycles. The van der Waals surface area contributed by atoms with Crippen LogP contribution in [-0.2, 0) is 32.7 Å². The van der Waals surface area contributed by atoms with Crippen molar-refractivity contribution in [1.29, 1.82) is 0 Å². The molecular formula is C44H85NO8P+. The molecule has 0 aliphatic heterocycles. The van der Waals surface area contributed by atoms with Crippen molar-refractivity contribution in [1.82, 2.24) is 0 Å². The fraction of sp³-hybridized carbons (Fsp3) is 0.864. The third-order valence-corrected chi connectivity index (χ3v) is 10.4. The van der Waals surface area contributed by atoms with Gasteiger partial charge in [0.15, 0.2) is 6.10 Å². The molecule has 0 aliphatic rings. The highest BCUT2D eigenvalue weighted by Crippen LogP contribution is 2.43. The Kier molecular flexibility index (Phi) is 36.1. The molecule has 54 heavy (non-hydrogen) atoms. The molecule has 0 radical (unpaired) electrons. The first-order chi connectivity index (χ1) is 26.0. The van der Waals surface area contributed by atoms with Crippen molar-refractivity contribution >= 4 is 19.8 Å². The summed E-state index contributed by atoms with van der Waals surface area (Å²) in [4.78, 5) is 35.3. The van der Waals surface area contributed by atoms with E-state index in [1.54, 1.807) is 0 Å². The van der Waals surface area contributed by atoms with Crippen LogP contribution in [0.15, 0.2) is 24.3 Å². The Morgan fingerprint density at radius 3 is 1.43 bits per heavy atom. The number of carbonyl (C=O) groups excluding carboxylic acids is 2. The lowest BCUT2D eigenvalue weighted by Crippen LogP contribution is -2.37. The third kappa shape index (κ3) is 40.2. The average Bonchev–Trinajstić information content (AvgIpc) is 3.12. The van der Waals surface area contributed by atoms with E-state index in [4.69, 9.17) is 18.5 Å². The van der Waals surface area contributed by atoms with Crippen LogP contribution in [0.25, 0.3) is 0 Å². The maximum atomic E-state index is 12.6. The van der Waals surface area contributed by atoms with E-state index in [0.29, 0.717) is 17.4 Å². The smallest absolute Gasteiger partial charge is 0.462 e. The first kappa shape index (κ1) is 52.5. The largest absolute Gasteiger partial charge is 0.472 e. The van der Waals surface area contributed by atoms with E-state index in [1.165, 1.54) is 103 Å². The number of carbonyl (C=O) groups is 2. The van der Waals surface area contributed by atoms with Gasteiger partial charge in [-0.15, -0.1) is 0 Å². The molecule has 1 unspecified atom stereocenters. The van der Waals surface area contributed by atoms with Gasteiger partial charge in [0.05, 0.1) is 27.7 Å². The van der Waals surface area contributed by atoms with Crippen molar-refractivity contribution in [2.45, 2.75) is 200 Å². The number of hydrogen-bond donors (Lipinski definition) is 1. The molecule has 0 rings (SSSR count). The molecule has 2 atom stereocenters. The predicted molar refractivity (Wildman–Crippen MR) is 224 cm³/mol. The zero-order valence-electron chi connectivity index (χ0n) is 35.7. The summed E-state index contributed by atoms with van der Waals surface area (Å²) in [5.41, 5.74) is 0. The number of nitrogens with zero attached hydrogens (tertiary/aromatic N) is 1. The van der Waals surface area contributed by atoms with Gasteiger partial charge in [-0.25, -0.2) is 4.57 Å². The Bertz CT molecular complexity index is 980. The van der Waals surface area contributed by atoms with Gasteiger partial charge in [0.1, 0.15) is 19.8 Å². The monoisotopic (exact) mass is 787 g/mol. The highest BCUT2D eigenvalue weighted by atomic mass is 31.2. The minimum atomic E-state index is -4.37. The number of hydrogen-bond acceptors (Lipinski definition) is 7. The van der Waals surface area contributed by atoms with Gasteiger partial charge < -0.3 is 18.9 Å². The molecule has 0 heterocycles. The van der Waals surface area contributed by atoms with Crippen LogP contribution in [0.5, 0.6) is 0 Å². The van der Waals surface area contributed by atoms with Crippen molar-refractivity contribution in [2.75, 3.05) is 47.5 Å². The standard InChI is InChI=1S/C44H84NO8P/c1-6-8-10-12-14-16-18-19-20-21-22-23-24-25-27-28-30-32-34-36-43(46)50-40-42(41-52-54(48,49)51-39-38-45(3,4)5)53-44(47)37-35-33-31-29-26-17-15-13-11-9-7-2/h13,15,21-22,42H,6-12,14,16-20,23-41H2,1-5H3/p+1/b15-13-,22-21-/t42-/m1/s1. The van der Waals surface area contributed by atoms with Crippen molar-refractivity contribution in [3.05, 3.63) is 24.3 Å². The second-order valence-electron chi connectivity index (χ2n) is 16.1. The number of quaternary nitrogens is 1. The minimum absolute atomic E-state index is 0.0304. The number of unbranched alkanes of at least 4 members (excludes halogenated alkanes) is 22. The molecule has 0 saturated carbocycles. The van der Waals surface area contributed by atoms with Crippen molar-refractivity contribution in [2.24, 2.45) is 0 Å². The Labute approximate surface area is 332 Å². The molecular weight excluding hydrogens is 701 g/mol. The van der Waals surface area contributed by atoms with Gasteiger partial charge in [0.25, 0.3) is 0 Å². The lowest BCUT2D eigenvalue weighted by molar-refractivity contribution is -0.870. The van der Waals surface area contributed by atoms with Gasteiger partial charge in [0, 0.05) is 12.8 Å². The fourth-order valence-corrected chi connectivity index (χ4v) is 6.67. The lowest BCUT2D eigenvalue weighted by Gasteiger charge is -2.24. The van der Waals surface area contributed by atoms with Crippen molar-refractivity contribution in [3.8, 4) is 0 Å². The summed E-state index contributed by atoms with van der Waals surface area (Å²) in [6, 6.07) is 0. The first-order valence-corrected chi connectivity index (χ1v) is 23.6. The van der Waals surface area contributed by atoms with Crippen molar-refractivity contribution in [3.63, 3.8) is 0 Å². The van der Waals surface area contributed by atoms with Gasteiger partial charge in [-0.1, -0.05) is 147 Å². The van der Waals surface area contributed by atoms with Crippen LogP contribution < -0.4 is 0 Å². The van der Waals surface area contributed by atoms with Gasteiger partial charge in [-0.3, -0.25) is 18.6 Å². The highest BCUT2D eigenvalue weighted by Gasteiger charge is 2.27. The Hall–Kier alpha value is -1.51. The van der Waals surface area contributed by atoms with E-state index >= 15 is 0 Å². The van der Waals surface area contributed by atoms with Gasteiger partial charge in [-0.05, 0) is 57.8 Å². The van der Waals surface area contributed by atoms with E-state index in [9.17, 15) is 19.0 Å². The molecule has 0 fully saturated rings. The molecule has 0 aromatic rings. The number of esters is 2. The number of phosphoric ester groups is 1. The number of phosphoric acid groups is 1. The molecule has 0 bridgehead atoms. The van der Waals surface area contributed by atoms with E-state index < -0.39 is 26.5 Å². The summed E-state index contributed by atoms with van der Waals surface area (Å²) in [6.07, 6.45) is 39.4.